The predicted octanol–water partition coefficient (Wildman–Crippen LogP) is 3.58. The van der Waals surface area contributed by atoms with Gasteiger partial charge in [0.15, 0.2) is 5.82 Å². The number of aromatic nitrogens is 5. The molecule has 0 radical (unpaired) electrons. The zero-order valence-electron chi connectivity index (χ0n) is 13.8. The van der Waals surface area contributed by atoms with E-state index in [0.29, 0.717) is 5.82 Å². The summed E-state index contributed by atoms with van der Waals surface area (Å²) in [6.45, 7) is 2.64. The lowest BCUT2D eigenvalue weighted by atomic mass is 10.1. The van der Waals surface area contributed by atoms with Crippen LogP contribution in [0, 0.1) is 6.92 Å². The van der Waals surface area contributed by atoms with Crippen molar-refractivity contribution in [3.8, 4) is 17.1 Å². The maximum absolute atomic E-state index is 4.37. The number of nitrogens with zero attached hydrogens (tertiary/aromatic N) is 4. The van der Waals surface area contributed by atoms with Crippen LogP contribution in [-0.2, 0) is 6.54 Å². The van der Waals surface area contributed by atoms with Crippen molar-refractivity contribution in [3.05, 3.63) is 78.4 Å². The monoisotopic (exact) mass is 330 g/mol. The molecule has 2 heterocycles. The molecule has 4 rings (SSSR count). The van der Waals surface area contributed by atoms with E-state index < -0.39 is 0 Å². The standard InChI is InChI=1S/C19H18N6/c1-14-22-19(24-23-14)16-4-2-5-17(12-16)20-13-15-6-8-18(9-7-15)25-11-3-10-21-25/h2-12,20H,13H2,1H3,(H,22,23,24). The van der Waals surface area contributed by atoms with Crippen LogP contribution in [0.1, 0.15) is 11.4 Å². The molecule has 0 saturated heterocycles. The number of anilines is 1. The van der Waals surface area contributed by atoms with Crippen LogP contribution in [0.15, 0.2) is 67.0 Å². The maximum atomic E-state index is 4.37. The zero-order chi connectivity index (χ0) is 17.1. The number of benzene rings is 2. The van der Waals surface area contributed by atoms with E-state index in [2.05, 4.69) is 55.9 Å². The molecule has 6 heteroatoms. The smallest absolute Gasteiger partial charge is 0.181 e. The average Bonchev–Trinajstić information content (AvgIpc) is 3.32. The first-order chi connectivity index (χ1) is 12.3. The van der Waals surface area contributed by atoms with Crippen LogP contribution in [0.2, 0.25) is 0 Å². The van der Waals surface area contributed by atoms with Gasteiger partial charge in [-0.25, -0.2) is 9.67 Å². The highest BCUT2D eigenvalue weighted by molar-refractivity contribution is 5.62. The molecule has 0 aliphatic rings. The molecule has 0 aliphatic heterocycles. The van der Waals surface area contributed by atoms with Crippen molar-refractivity contribution >= 4 is 5.69 Å². The predicted molar refractivity (Wildman–Crippen MR) is 97.4 cm³/mol. The highest BCUT2D eigenvalue weighted by Crippen LogP contribution is 2.20. The normalized spacial score (nSPS) is 10.8. The lowest BCUT2D eigenvalue weighted by Crippen LogP contribution is -2.00. The molecule has 0 aliphatic carbocycles. The Morgan fingerprint density at radius 1 is 1.08 bits per heavy atom. The van der Waals surface area contributed by atoms with Crippen molar-refractivity contribution in [2.45, 2.75) is 13.5 Å². The van der Waals surface area contributed by atoms with Crippen molar-refractivity contribution in [1.82, 2.24) is 25.0 Å². The van der Waals surface area contributed by atoms with Gasteiger partial charge in [0.1, 0.15) is 5.82 Å². The van der Waals surface area contributed by atoms with Gasteiger partial charge in [0.2, 0.25) is 0 Å². The molecule has 2 N–H and O–H groups in total. The van der Waals surface area contributed by atoms with Crippen molar-refractivity contribution in [1.29, 1.82) is 0 Å². The molecule has 0 bridgehead atoms. The summed E-state index contributed by atoms with van der Waals surface area (Å²) >= 11 is 0. The molecule has 0 saturated carbocycles. The number of nitrogens with one attached hydrogen (secondary N) is 2. The third-order valence-electron chi connectivity index (χ3n) is 3.92. The molecule has 124 valence electrons. The second-order valence-corrected chi connectivity index (χ2v) is 5.80. The first-order valence-corrected chi connectivity index (χ1v) is 8.10. The second kappa shape index (κ2) is 6.60. The summed E-state index contributed by atoms with van der Waals surface area (Å²) in [6.07, 6.45) is 3.71. The minimum Gasteiger partial charge on any atom is -0.381 e. The van der Waals surface area contributed by atoms with E-state index in [1.54, 1.807) is 6.20 Å². The molecule has 6 nitrogen and oxygen atoms in total. The number of rotatable bonds is 5. The van der Waals surface area contributed by atoms with Crippen LogP contribution >= 0.6 is 0 Å². The van der Waals surface area contributed by atoms with E-state index in [-0.39, 0.29) is 0 Å². The van der Waals surface area contributed by atoms with E-state index in [0.717, 1.165) is 29.3 Å². The van der Waals surface area contributed by atoms with E-state index in [1.807, 2.05) is 42.1 Å². The number of H-pyrrole nitrogens is 1. The van der Waals surface area contributed by atoms with Crippen LogP contribution < -0.4 is 5.32 Å². The molecule has 2 aromatic heterocycles. The van der Waals surface area contributed by atoms with Gasteiger partial charge in [-0.05, 0) is 42.8 Å². The summed E-state index contributed by atoms with van der Waals surface area (Å²) in [5.41, 5.74) is 4.28. The van der Waals surface area contributed by atoms with Crippen LogP contribution in [0.5, 0.6) is 0 Å². The van der Waals surface area contributed by atoms with Gasteiger partial charge in [0, 0.05) is 30.2 Å². The SMILES string of the molecule is Cc1nc(-c2cccc(NCc3ccc(-n4cccn4)cc3)c2)n[nH]1. The largest absolute Gasteiger partial charge is 0.381 e. The Morgan fingerprint density at radius 3 is 2.68 bits per heavy atom. The minimum absolute atomic E-state index is 0.713. The van der Waals surface area contributed by atoms with Crippen LogP contribution in [0.3, 0.4) is 0 Å². The Hall–Kier alpha value is -3.41. The Labute approximate surface area is 145 Å². The van der Waals surface area contributed by atoms with Crippen LogP contribution in [-0.4, -0.2) is 25.0 Å². The van der Waals surface area contributed by atoms with Crippen molar-refractivity contribution in [2.75, 3.05) is 5.32 Å². The van der Waals surface area contributed by atoms with Gasteiger partial charge in [-0.2, -0.15) is 10.2 Å². The summed E-state index contributed by atoms with van der Waals surface area (Å²) in [5, 5.41) is 14.8. The fourth-order valence-electron chi connectivity index (χ4n) is 2.63. The van der Waals surface area contributed by atoms with Crippen molar-refractivity contribution in [2.24, 2.45) is 0 Å². The minimum atomic E-state index is 0.713. The number of hydrogen-bond acceptors (Lipinski definition) is 4. The first kappa shape index (κ1) is 15.1. The highest BCUT2D eigenvalue weighted by Gasteiger charge is 2.04. The first-order valence-electron chi connectivity index (χ1n) is 8.10. The summed E-state index contributed by atoms with van der Waals surface area (Å²) in [6, 6.07) is 18.4. The molecule has 0 unspecified atom stereocenters. The van der Waals surface area contributed by atoms with Gasteiger partial charge in [-0.3, -0.25) is 5.10 Å². The molecule has 4 aromatic rings. The number of aryl methyl sites for hydroxylation is 1. The summed E-state index contributed by atoms with van der Waals surface area (Å²) in [5.74, 6) is 1.52. The zero-order valence-corrected chi connectivity index (χ0v) is 13.8. The maximum Gasteiger partial charge on any atom is 0.181 e. The Kier molecular flexibility index (Phi) is 4.00. The van der Waals surface area contributed by atoms with Gasteiger partial charge in [-0.15, -0.1) is 0 Å². The highest BCUT2D eigenvalue weighted by atomic mass is 15.3. The molecule has 0 fully saturated rings. The quantitative estimate of drug-likeness (QED) is 0.587. The Balaban J connectivity index is 1.44. The van der Waals surface area contributed by atoms with Gasteiger partial charge in [0.05, 0.1) is 5.69 Å². The number of hydrogen-bond donors (Lipinski definition) is 2. The molecule has 25 heavy (non-hydrogen) atoms. The molecular weight excluding hydrogens is 312 g/mol. The Bertz CT molecular complexity index is 954. The lowest BCUT2D eigenvalue weighted by Gasteiger charge is -2.08. The molecular formula is C19H18N6. The lowest BCUT2D eigenvalue weighted by molar-refractivity contribution is 0.879. The van der Waals surface area contributed by atoms with E-state index in [9.17, 15) is 0 Å². The molecule has 0 atom stereocenters. The van der Waals surface area contributed by atoms with Crippen LogP contribution in [0.4, 0.5) is 5.69 Å². The van der Waals surface area contributed by atoms with E-state index in [1.165, 1.54) is 5.56 Å². The third kappa shape index (κ3) is 3.42. The van der Waals surface area contributed by atoms with Crippen LogP contribution in [0.25, 0.3) is 17.1 Å². The molecule has 0 spiro atoms. The van der Waals surface area contributed by atoms with E-state index >= 15 is 0 Å². The average molecular weight is 330 g/mol. The van der Waals surface area contributed by atoms with Crippen molar-refractivity contribution in [3.63, 3.8) is 0 Å². The third-order valence-corrected chi connectivity index (χ3v) is 3.92. The summed E-state index contributed by atoms with van der Waals surface area (Å²) < 4.78 is 1.85. The summed E-state index contributed by atoms with van der Waals surface area (Å²) in [7, 11) is 0. The Morgan fingerprint density at radius 2 is 1.96 bits per heavy atom. The molecule has 0 amide bonds. The van der Waals surface area contributed by atoms with Gasteiger partial charge < -0.3 is 5.32 Å². The van der Waals surface area contributed by atoms with Gasteiger partial charge in [-0.1, -0.05) is 24.3 Å². The van der Waals surface area contributed by atoms with Gasteiger partial charge in [0.25, 0.3) is 0 Å². The summed E-state index contributed by atoms with van der Waals surface area (Å²) in [4.78, 5) is 4.37. The fraction of sp³-hybridized carbons (Fsp3) is 0.105. The van der Waals surface area contributed by atoms with Crippen molar-refractivity contribution < 1.29 is 0 Å². The van der Waals surface area contributed by atoms with E-state index in [4.69, 9.17) is 0 Å². The van der Waals surface area contributed by atoms with Gasteiger partial charge >= 0.3 is 0 Å². The fourth-order valence-corrected chi connectivity index (χ4v) is 2.63. The number of aromatic amines is 1. The second-order valence-electron chi connectivity index (χ2n) is 5.80. The molecule has 2 aromatic carbocycles. The topological polar surface area (TPSA) is 71.4 Å².